The number of rotatable bonds is 3. The highest BCUT2D eigenvalue weighted by molar-refractivity contribution is 5.76. The van der Waals surface area contributed by atoms with Crippen LogP contribution in [0, 0.1) is 0 Å². The summed E-state index contributed by atoms with van der Waals surface area (Å²) in [6.45, 7) is 3.57. The molecule has 0 saturated carbocycles. The van der Waals surface area contributed by atoms with E-state index in [4.69, 9.17) is 0 Å². The van der Waals surface area contributed by atoms with Gasteiger partial charge in [0.25, 0.3) is 0 Å². The zero-order valence-corrected chi connectivity index (χ0v) is 6.92. The number of aliphatic hydroxyl groups is 1. The van der Waals surface area contributed by atoms with E-state index in [1.54, 1.807) is 12.2 Å². The molecule has 1 N–H and O–H groups in total. The van der Waals surface area contributed by atoms with Crippen molar-refractivity contribution in [3.63, 3.8) is 0 Å². The highest BCUT2D eigenvalue weighted by atomic mass is 16.3. The molecule has 2 nitrogen and oxygen atoms in total. The summed E-state index contributed by atoms with van der Waals surface area (Å²) in [4.78, 5) is 10.6. The Kier molecular flexibility index (Phi) is 2.86. The summed E-state index contributed by atoms with van der Waals surface area (Å²) in [5, 5.41) is 9.40. The average Bonchev–Trinajstić information content (AvgIpc) is 2.09. The van der Waals surface area contributed by atoms with E-state index in [1.165, 1.54) is 0 Å². The summed E-state index contributed by atoms with van der Waals surface area (Å²) >= 11 is 0. The predicted molar refractivity (Wildman–Crippen MR) is 47.8 cm³/mol. The number of allylic oxidation sites excluding steroid dienone is 4. The van der Waals surface area contributed by atoms with Crippen molar-refractivity contribution in [2.24, 2.45) is 0 Å². The van der Waals surface area contributed by atoms with E-state index < -0.39 is 0 Å². The molecule has 1 rings (SSSR count). The van der Waals surface area contributed by atoms with Gasteiger partial charge in [0.1, 0.15) is 12.0 Å². The Hall–Kier alpha value is -1.31. The van der Waals surface area contributed by atoms with Gasteiger partial charge in [-0.2, -0.15) is 0 Å². The van der Waals surface area contributed by atoms with Crippen LogP contribution in [0.5, 0.6) is 0 Å². The second-order valence-corrected chi connectivity index (χ2v) is 2.74. The van der Waals surface area contributed by atoms with E-state index in [9.17, 15) is 9.90 Å². The van der Waals surface area contributed by atoms with Crippen molar-refractivity contribution < 1.29 is 9.90 Å². The molecular formula is C10H12O2. The first-order valence-corrected chi connectivity index (χ1v) is 3.97. The van der Waals surface area contributed by atoms with Gasteiger partial charge in [-0.1, -0.05) is 6.08 Å². The van der Waals surface area contributed by atoms with E-state index >= 15 is 0 Å². The zero-order chi connectivity index (χ0) is 8.97. The molecular weight excluding hydrogens is 152 g/mol. The van der Waals surface area contributed by atoms with Crippen LogP contribution < -0.4 is 0 Å². The lowest BCUT2D eigenvalue weighted by Gasteiger charge is -2.13. The van der Waals surface area contributed by atoms with Crippen molar-refractivity contribution in [2.45, 2.75) is 19.3 Å². The first-order chi connectivity index (χ1) is 5.79. The first kappa shape index (κ1) is 8.78. The molecule has 64 valence electrons. The van der Waals surface area contributed by atoms with Gasteiger partial charge in [-0.25, -0.2) is 0 Å². The Labute approximate surface area is 71.9 Å². The molecule has 12 heavy (non-hydrogen) atoms. The predicted octanol–water partition coefficient (Wildman–Crippen LogP) is 2.29. The minimum atomic E-state index is 0.239. The number of hydrogen-bond donors (Lipinski definition) is 1. The van der Waals surface area contributed by atoms with Crippen molar-refractivity contribution >= 4 is 6.29 Å². The second-order valence-electron chi connectivity index (χ2n) is 2.74. The van der Waals surface area contributed by atoms with E-state index in [1.807, 2.05) is 0 Å². The summed E-state index contributed by atoms with van der Waals surface area (Å²) in [6, 6.07) is 0. The Morgan fingerprint density at radius 3 is 3.00 bits per heavy atom. The first-order valence-electron chi connectivity index (χ1n) is 3.97. The average molecular weight is 164 g/mol. The van der Waals surface area contributed by atoms with Crippen LogP contribution in [0.25, 0.3) is 0 Å². The lowest BCUT2D eigenvalue weighted by Crippen LogP contribution is -2.01. The lowest BCUT2D eigenvalue weighted by atomic mass is 9.95. The van der Waals surface area contributed by atoms with Crippen LogP contribution in [-0.4, -0.2) is 11.4 Å². The summed E-state index contributed by atoms with van der Waals surface area (Å²) in [5.74, 6) is 0.239. The third-order valence-electron chi connectivity index (χ3n) is 1.94. The highest BCUT2D eigenvalue weighted by Gasteiger charge is 2.12. The molecule has 0 aromatic heterocycles. The van der Waals surface area contributed by atoms with Gasteiger partial charge in [0.05, 0.1) is 0 Å². The Morgan fingerprint density at radius 2 is 2.42 bits per heavy atom. The quantitative estimate of drug-likeness (QED) is 0.513. The van der Waals surface area contributed by atoms with Gasteiger partial charge in [-0.15, -0.1) is 6.58 Å². The van der Waals surface area contributed by atoms with Gasteiger partial charge < -0.3 is 5.11 Å². The molecule has 0 aromatic carbocycles. The number of carbonyl (C=O) groups is 1. The van der Waals surface area contributed by atoms with E-state index in [2.05, 4.69) is 6.58 Å². The molecule has 0 aromatic rings. The maximum absolute atomic E-state index is 10.6. The SMILES string of the molecule is C=CCC1=C(C=O)CCC=C1O. The van der Waals surface area contributed by atoms with Crippen LogP contribution in [0.4, 0.5) is 0 Å². The fourth-order valence-corrected chi connectivity index (χ4v) is 1.31. The molecule has 0 radical (unpaired) electrons. The van der Waals surface area contributed by atoms with Crippen molar-refractivity contribution in [1.82, 2.24) is 0 Å². The molecule has 2 heteroatoms. The summed E-state index contributed by atoms with van der Waals surface area (Å²) in [5.41, 5.74) is 1.43. The number of hydrogen-bond acceptors (Lipinski definition) is 2. The molecule has 1 aliphatic rings. The van der Waals surface area contributed by atoms with Gasteiger partial charge in [-0.3, -0.25) is 4.79 Å². The maximum Gasteiger partial charge on any atom is 0.146 e. The van der Waals surface area contributed by atoms with Crippen molar-refractivity contribution in [3.05, 3.63) is 35.6 Å². The van der Waals surface area contributed by atoms with Crippen LogP contribution >= 0.6 is 0 Å². The van der Waals surface area contributed by atoms with Gasteiger partial charge in [0.15, 0.2) is 0 Å². The third kappa shape index (κ3) is 1.64. The normalized spacial score (nSPS) is 17.2. The largest absolute Gasteiger partial charge is 0.508 e. The summed E-state index contributed by atoms with van der Waals surface area (Å²) < 4.78 is 0. The van der Waals surface area contributed by atoms with E-state index in [0.717, 1.165) is 24.7 Å². The van der Waals surface area contributed by atoms with Crippen LogP contribution in [-0.2, 0) is 4.79 Å². The van der Waals surface area contributed by atoms with Crippen molar-refractivity contribution in [2.75, 3.05) is 0 Å². The van der Waals surface area contributed by atoms with Crippen LogP contribution in [0.3, 0.4) is 0 Å². The third-order valence-corrected chi connectivity index (χ3v) is 1.94. The van der Waals surface area contributed by atoms with E-state index in [0.29, 0.717) is 12.0 Å². The van der Waals surface area contributed by atoms with Gasteiger partial charge in [0.2, 0.25) is 0 Å². The molecule has 0 amide bonds. The minimum absolute atomic E-state index is 0.239. The minimum Gasteiger partial charge on any atom is -0.508 e. The summed E-state index contributed by atoms with van der Waals surface area (Å²) in [6.07, 6.45) is 6.30. The summed E-state index contributed by atoms with van der Waals surface area (Å²) in [7, 11) is 0. The van der Waals surface area contributed by atoms with Gasteiger partial charge in [0, 0.05) is 5.57 Å². The van der Waals surface area contributed by atoms with Crippen LogP contribution in [0.15, 0.2) is 35.6 Å². The molecule has 0 aliphatic heterocycles. The van der Waals surface area contributed by atoms with Crippen molar-refractivity contribution in [1.29, 1.82) is 0 Å². The molecule has 0 heterocycles. The smallest absolute Gasteiger partial charge is 0.146 e. The monoisotopic (exact) mass is 164 g/mol. The van der Waals surface area contributed by atoms with E-state index in [-0.39, 0.29) is 5.76 Å². The fraction of sp³-hybridized carbons (Fsp3) is 0.300. The molecule has 0 unspecified atom stereocenters. The number of aldehydes is 1. The van der Waals surface area contributed by atoms with Gasteiger partial charge >= 0.3 is 0 Å². The lowest BCUT2D eigenvalue weighted by molar-refractivity contribution is -0.105. The highest BCUT2D eigenvalue weighted by Crippen LogP contribution is 2.24. The molecule has 0 saturated heterocycles. The Balaban J connectivity index is 2.96. The molecule has 0 bridgehead atoms. The van der Waals surface area contributed by atoms with Crippen molar-refractivity contribution in [3.8, 4) is 0 Å². The Morgan fingerprint density at radius 1 is 1.67 bits per heavy atom. The molecule has 0 spiro atoms. The van der Waals surface area contributed by atoms with Gasteiger partial charge in [-0.05, 0) is 30.9 Å². The molecule has 1 aliphatic carbocycles. The zero-order valence-electron chi connectivity index (χ0n) is 6.92. The fourth-order valence-electron chi connectivity index (χ4n) is 1.31. The Bertz CT molecular complexity index is 259. The number of aliphatic hydroxyl groups excluding tert-OH is 1. The molecule has 0 fully saturated rings. The van der Waals surface area contributed by atoms with Crippen LogP contribution in [0.1, 0.15) is 19.3 Å². The van der Waals surface area contributed by atoms with Crippen LogP contribution in [0.2, 0.25) is 0 Å². The number of carbonyl (C=O) groups excluding carboxylic acids is 1. The molecule has 0 atom stereocenters. The standard InChI is InChI=1S/C10H12O2/c1-2-4-9-8(7-11)5-3-6-10(9)12/h2,6-7,12H,1,3-5H2. The topological polar surface area (TPSA) is 37.3 Å². The second kappa shape index (κ2) is 3.90. The maximum atomic E-state index is 10.6.